The van der Waals surface area contributed by atoms with Gasteiger partial charge in [-0.15, -0.1) is 0 Å². The maximum atomic E-state index is 13.1. The van der Waals surface area contributed by atoms with E-state index in [0.29, 0.717) is 19.4 Å². The van der Waals surface area contributed by atoms with Gasteiger partial charge >= 0.3 is 0 Å². The number of rotatable bonds is 10. The Hall–Kier alpha value is -2.94. The number of halogens is 1. The molecule has 0 aliphatic heterocycles. The van der Waals surface area contributed by atoms with Gasteiger partial charge < -0.3 is 4.74 Å². The smallest absolute Gasteiger partial charge is 0.163 e. The molecule has 0 aliphatic carbocycles. The lowest BCUT2D eigenvalue weighted by Gasteiger charge is -2.10. The minimum absolute atomic E-state index is 0.143. The predicted molar refractivity (Wildman–Crippen MR) is 115 cm³/mol. The zero-order valence-corrected chi connectivity index (χ0v) is 16.9. The highest BCUT2D eigenvalue weighted by molar-refractivity contribution is 5.97. The highest BCUT2D eigenvalue weighted by Crippen LogP contribution is 2.17. The van der Waals surface area contributed by atoms with E-state index >= 15 is 0 Å². The molecule has 0 aliphatic rings. The van der Waals surface area contributed by atoms with Crippen molar-refractivity contribution in [2.24, 2.45) is 0 Å². The van der Waals surface area contributed by atoms with Crippen LogP contribution in [0, 0.1) is 5.82 Å². The van der Waals surface area contributed by atoms with Gasteiger partial charge in [0.25, 0.3) is 0 Å². The molecular formula is C26H27FO2. The highest BCUT2D eigenvalue weighted by Gasteiger charge is 2.11. The molecule has 150 valence electrons. The summed E-state index contributed by atoms with van der Waals surface area (Å²) in [6, 6.07) is 22.4. The van der Waals surface area contributed by atoms with E-state index < -0.39 is 0 Å². The third-order valence-electron chi connectivity index (χ3n) is 5.06. The molecule has 3 aromatic rings. The Balaban J connectivity index is 1.50. The molecule has 0 radical (unpaired) electrons. The molecule has 0 atom stereocenters. The SMILES string of the molecule is CCc1ccc(OCCCC(=O)c2ccccc2CCc2ccc(F)cc2)cc1. The first-order chi connectivity index (χ1) is 14.2. The van der Waals surface area contributed by atoms with E-state index in [1.807, 2.05) is 36.4 Å². The lowest BCUT2D eigenvalue weighted by Crippen LogP contribution is -2.07. The zero-order valence-electron chi connectivity index (χ0n) is 16.9. The molecular weight excluding hydrogens is 363 g/mol. The van der Waals surface area contributed by atoms with Crippen LogP contribution in [-0.4, -0.2) is 12.4 Å². The number of ether oxygens (including phenoxy) is 1. The zero-order chi connectivity index (χ0) is 20.5. The van der Waals surface area contributed by atoms with Crippen LogP contribution in [0.3, 0.4) is 0 Å². The second-order valence-corrected chi connectivity index (χ2v) is 7.16. The number of hydrogen-bond donors (Lipinski definition) is 0. The maximum absolute atomic E-state index is 13.1. The van der Waals surface area contributed by atoms with Crippen molar-refractivity contribution in [3.8, 4) is 5.75 Å². The van der Waals surface area contributed by atoms with E-state index in [1.54, 1.807) is 12.1 Å². The van der Waals surface area contributed by atoms with Gasteiger partial charge in [0.1, 0.15) is 11.6 Å². The van der Waals surface area contributed by atoms with Gasteiger partial charge in [0, 0.05) is 12.0 Å². The van der Waals surface area contributed by atoms with Gasteiger partial charge in [-0.05, 0) is 66.6 Å². The molecule has 3 rings (SSSR count). The first kappa shape index (κ1) is 20.8. The fourth-order valence-electron chi connectivity index (χ4n) is 3.32. The van der Waals surface area contributed by atoms with Crippen LogP contribution in [0.15, 0.2) is 72.8 Å². The lowest BCUT2D eigenvalue weighted by molar-refractivity contribution is 0.0972. The molecule has 0 N–H and O–H groups in total. The van der Waals surface area contributed by atoms with Gasteiger partial charge in [0.2, 0.25) is 0 Å². The molecule has 0 unspecified atom stereocenters. The molecule has 3 aromatic carbocycles. The lowest BCUT2D eigenvalue weighted by atomic mass is 9.96. The minimum atomic E-state index is -0.229. The summed E-state index contributed by atoms with van der Waals surface area (Å²) in [5.74, 6) is 0.756. The van der Waals surface area contributed by atoms with Crippen molar-refractivity contribution >= 4 is 5.78 Å². The summed E-state index contributed by atoms with van der Waals surface area (Å²) in [7, 11) is 0. The van der Waals surface area contributed by atoms with E-state index in [0.717, 1.165) is 41.7 Å². The number of Topliss-reactive ketones (excluding diaryl/α,β-unsaturated/α-hetero) is 1. The third kappa shape index (κ3) is 6.28. The fraction of sp³-hybridized carbons (Fsp3) is 0.269. The summed E-state index contributed by atoms with van der Waals surface area (Å²) in [4.78, 5) is 12.7. The first-order valence-electron chi connectivity index (χ1n) is 10.2. The van der Waals surface area contributed by atoms with E-state index in [-0.39, 0.29) is 11.6 Å². The summed E-state index contributed by atoms with van der Waals surface area (Å²) in [5.41, 5.74) is 4.17. The largest absolute Gasteiger partial charge is 0.494 e. The summed E-state index contributed by atoms with van der Waals surface area (Å²) < 4.78 is 18.8. The quantitative estimate of drug-likeness (QED) is 0.304. The van der Waals surface area contributed by atoms with Crippen LogP contribution in [-0.2, 0) is 19.3 Å². The molecule has 0 spiro atoms. The molecule has 29 heavy (non-hydrogen) atoms. The standard InChI is InChI=1S/C26H27FO2/c1-2-20-12-17-24(18-13-20)29-19-5-8-26(28)25-7-4-3-6-22(25)14-9-21-10-15-23(27)16-11-21/h3-4,6-7,10-13,15-18H,2,5,8-9,14,19H2,1H3. The van der Waals surface area contributed by atoms with Gasteiger partial charge in [-0.3, -0.25) is 4.79 Å². The summed E-state index contributed by atoms with van der Waals surface area (Å²) >= 11 is 0. The van der Waals surface area contributed by atoms with Crippen LogP contribution in [0.5, 0.6) is 5.75 Å². The number of benzene rings is 3. The summed E-state index contributed by atoms with van der Waals surface area (Å²) in [6.45, 7) is 2.65. The Kier molecular flexibility index (Phi) is 7.57. The van der Waals surface area contributed by atoms with Crippen molar-refractivity contribution in [1.82, 2.24) is 0 Å². The van der Waals surface area contributed by atoms with Crippen molar-refractivity contribution in [3.63, 3.8) is 0 Å². The monoisotopic (exact) mass is 390 g/mol. The second-order valence-electron chi connectivity index (χ2n) is 7.16. The topological polar surface area (TPSA) is 26.3 Å². The molecule has 0 bridgehead atoms. The van der Waals surface area contributed by atoms with Gasteiger partial charge in [-0.25, -0.2) is 4.39 Å². The molecule has 0 amide bonds. The molecule has 0 saturated carbocycles. The third-order valence-corrected chi connectivity index (χ3v) is 5.06. The van der Waals surface area contributed by atoms with Crippen molar-refractivity contribution in [3.05, 3.63) is 101 Å². The minimum Gasteiger partial charge on any atom is -0.494 e. The van der Waals surface area contributed by atoms with Crippen molar-refractivity contribution in [1.29, 1.82) is 0 Å². The van der Waals surface area contributed by atoms with Crippen LogP contribution < -0.4 is 4.74 Å². The van der Waals surface area contributed by atoms with Crippen LogP contribution in [0.1, 0.15) is 46.8 Å². The van der Waals surface area contributed by atoms with Crippen molar-refractivity contribution in [2.75, 3.05) is 6.61 Å². The van der Waals surface area contributed by atoms with Crippen molar-refractivity contribution in [2.45, 2.75) is 39.0 Å². The molecule has 0 fully saturated rings. The predicted octanol–water partition coefficient (Wildman–Crippen LogP) is 6.22. The van der Waals surface area contributed by atoms with Gasteiger partial charge in [0.05, 0.1) is 6.61 Å². The second kappa shape index (κ2) is 10.6. The Labute approximate surface area is 172 Å². The van der Waals surface area contributed by atoms with Crippen LogP contribution in [0.4, 0.5) is 4.39 Å². The summed E-state index contributed by atoms with van der Waals surface area (Å²) in [6.07, 6.45) is 3.69. The number of aryl methyl sites for hydroxylation is 3. The van der Waals surface area contributed by atoms with E-state index in [2.05, 4.69) is 19.1 Å². The molecule has 3 heteroatoms. The van der Waals surface area contributed by atoms with Gasteiger partial charge in [0.15, 0.2) is 5.78 Å². The van der Waals surface area contributed by atoms with Gasteiger partial charge in [-0.2, -0.15) is 0 Å². The molecule has 0 heterocycles. The normalized spacial score (nSPS) is 10.7. The summed E-state index contributed by atoms with van der Waals surface area (Å²) in [5, 5.41) is 0. The maximum Gasteiger partial charge on any atom is 0.163 e. The molecule has 0 saturated heterocycles. The first-order valence-corrected chi connectivity index (χ1v) is 10.2. The fourth-order valence-corrected chi connectivity index (χ4v) is 3.32. The number of carbonyl (C=O) groups is 1. The Bertz CT molecular complexity index is 914. The Morgan fingerprint density at radius 3 is 2.28 bits per heavy atom. The van der Waals surface area contributed by atoms with Gasteiger partial charge in [-0.1, -0.05) is 55.5 Å². The Morgan fingerprint density at radius 2 is 1.55 bits per heavy atom. The van der Waals surface area contributed by atoms with Crippen LogP contribution in [0.2, 0.25) is 0 Å². The Morgan fingerprint density at radius 1 is 0.862 bits per heavy atom. The highest BCUT2D eigenvalue weighted by atomic mass is 19.1. The molecule has 0 aromatic heterocycles. The van der Waals surface area contributed by atoms with E-state index in [4.69, 9.17) is 4.74 Å². The number of carbonyl (C=O) groups excluding carboxylic acids is 1. The number of ketones is 1. The van der Waals surface area contributed by atoms with Crippen LogP contribution in [0.25, 0.3) is 0 Å². The van der Waals surface area contributed by atoms with Crippen LogP contribution >= 0.6 is 0 Å². The average Bonchev–Trinajstić information content (AvgIpc) is 2.77. The van der Waals surface area contributed by atoms with E-state index in [1.165, 1.54) is 17.7 Å². The number of hydrogen-bond acceptors (Lipinski definition) is 2. The van der Waals surface area contributed by atoms with E-state index in [9.17, 15) is 9.18 Å². The van der Waals surface area contributed by atoms with Crippen molar-refractivity contribution < 1.29 is 13.9 Å². The molecule has 2 nitrogen and oxygen atoms in total. The average molecular weight is 390 g/mol.